The van der Waals surface area contributed by atoms with E-state index in [1.54, 1.807) is 0 Å². The summed E-state index contributed by atoms with van der Waals surface area (Å²) in [7, 11) is 0. The highest BCUT2D eigenvalue weighted by atomic mass is 32.1. The van der Waals surface area contributed by atoms with Gasteiger partial charge < -0.3 is 0 Å². The fraction of sp³-hybridized carbons (Fsp3) is 0.205. The summed E-state index contributed by atoms with van der Waals surface area (Å²) >= 11 is 4.41. The van der Waals surface area contributed by atoms with Gasteiger partial charge in [0.25, 0.3) is 0 Å². The van der Waals surface area contributed by atoms with Crippen LogP contribution in [0.2, 0.25) is 0 Å². The van der Waals surface area contributed by atoms with Gasteiger partial charge in [-0.15, -0.1) is 12.6 Å². The van der Waals surface area contributed by atoms with Gasteiger partial charge in [0.1, 0.15) is 6.15 Å². The number of benzene rings is 5. The Labute approximate surface area is 388 Å². The minimum absolute atomic E-state index is 0.691. The van der Waals surface area contributed by atoms with Crippen LogP contribution in [0.1, 0.15) is 50.1 Å². The van der Waals surface area contributed by atoms with Crippen molar-refractivity contribution in [1.82, 2.24) is 0 Å². The van der Waals surface area contributed by atoms with Gasteiger partial charge in [0.05, 0.1) is 44.5 Å². The fourth-order valence-electron chi connectivity index (χ4n) is 7.45. The zero-order valence-electron chi connectivity index (χ0n) is 34.4. The molecule has 1 aromatic heterocycles. The number of nitrogens with zero attached hydrogens (tertiary/aromatic N) is 1. The standard InChI is InChI=1S/C32H12BF24.C12H11NS/c34-25(35,36)13-1-14(26(37,38)39)6-21(5-13)33(22-7-15(27(40,41)42)2-16(8-22)28(43,44)45,23-9-17(29(46,47)48)3-18(10-23)30(49,50)51)24-11-19(31(52,53)54)4-20(12-24)32(55,56)57;14-12-7-3-2-6-11(12)10-13-8-4-1-5-9-13/h1-12H;1-9H,10H2/q-1;/p+1. The highest BCUT2D eigenvalue weighted by molar-refractivity contribution is 7.80. The first-order valence-corrected chi connectivity index (χ1v) is 19.6. The SMILES string of the molecule is FC(F)(F)c1cc([B-](c2cc(C(F)(F)F)cc(C(F)(F)F)c2)(c2cc(C(F)(F)F)cc(C(F)(F)F)c2)c2cc(C(F)(F)F)cc(C(F)(F)F)c2)cc(C(F)(F)F)c1.Sc1ccccc1C[n+]1ccccc1. The molecule has 0 unspecified atom stereocenters. The van der Waals surface area contributed by atoms with E-state index in [1.807, 2.05) is 36.4 Å². The van der Waals surface area contributed by atoms with Crippen LogP contribution in [0.15, 0.2) is 133 Å². The summed E-state index contributed by atoms with van der Waals surface area (Å²) in [5, 5.41) is 0. The molecule has 0 spiro atoms. The molecule has 0 aliphatic rings. The molecule has 5 aromatic carbocycles. The van der Waals surface area contributed by atoms with Gasteiger partial charge >= 0.3 is 49.4 Å². The summed E-state index contributed by atoms with van der Waals surface area (Å²) in [6.07, 6.45) is -50.7. The number of alkyl halides is 24. The molecule has 0 aliphatic heterocycles. The van der Waals surface area contributed by atoms with Crippen LogP contribution in [0.5, 0.6) is 0 Å². The highest BCUT2D eigenvalue weighted by Gasteiger charge is 2.47. The third kappa shape index (κ3) is 13.1. The number of aromatic nitrogens is 1. The predicted octanol–water partition coefficient (Wildman–Crippen LogP) is 13.5. The Hall–Kier alpha value is -6.02. The first-order valence-electron chi connectivity index (χ1n) is 19.2. The molecule has 0 fully saturated rings. The molecule has 382 valence electrons. The van der Waals surface area contributed by atoms with Crippen molar-refractivity contribution in [1.29, 1.82) is 0 Å². The summed E-state index contributed by atoms with van der Waals surface area (Å²) in [6, 6.07) is 5.42. The van der Waals surface area contributed by atoms with Crippen LogP contribution in [0.25, 0.3) is 0 Å². The van der Waals surface area contributed by atoms with Gasteiger partial charge in [0.15, 0.2) is 18.9 Å². The molecule has 0 bridgehead atoms. The van der Waals surface area contributed by atoms with E-state index < -0.39 is 195 Å². The Morgan fingerprint density at radius 3 is 0.746 bits per heavy atom. The first-order chi connectivity index (χ1) is 32.1. The number of thiol groups is 1. The van der Waals surface area contributed by atoms with Crippen LogP contribution >= 0.6 is 12.6 Å². The minimum atomic E-state index is -6.13. The van der Waals surface area contributed by atoms with Crippen LogP contribution in [-0.2, 0) is 56.0 Å². The molecule has 6 rings (SSSR count). The molecule has 0 saturated heterocycles. The van der Waals surface area contributed by atoms with Crippen molar-refractivity contribution in [3.05, 3.63) is 178 Å². The lowest BCUT2D eigenvalue weighted by Gasteiger charge is -2.46. The molecule has 27 heteroatoms. The summed E-state index contributed by atoms with van der Waals surface area (Å²) in [4.78, 5) is 1.05. The van der Waals surface area contributed by atoms with Gasteiger partial charge in [0.2, 0.25) is 0 Å². The van der Waals surface area contributed by atoms with Gasteiger partial charge in [-0.1, -0.05) is 72.8 Å². The number of hydrogen-bond acceptors (Lipinski definition) is 1. The van der Waals surface area contributed by atoms with E-state index >= 15 is 0 Å². The molecular formula is C44H24BF24NS. The smallest absolute Gasteiger partial charge is 0.201 e. The van der Waals surface area contributed by atoms with Crippen LogP contribution < -0.4 is 26.4 Å². The van der Waals surface area contributed by atoms with E-state index in [0.717, 1.165) is 11.4 Å². The molecule has 1 heterocycles. The zero-order valence-corrected chi connectivity index (χ0v) is 35.3. The van der Waals surface area contributed by atoms with E-state index in [-0.39, 0.29) is 0 Å². The van der Waals surface area contributed by atoms with Crippen molar-refractivity contribution in [3.8, 4) is 0 Å². The fourth-order valence-corrected chi connectivity index (χ4v) is 7.68. The largest absolute Gasteiger partial charge is 0.416 e. The first kappa shape index (κ1) is 55.9. The van der Waals surface area contributed by atoms with E-state index in [9.17, 15) is 105 Å². The Balaban J connectivity index is 0.000000569. The topological polar surface area (TPSA) is 3.88 Å². The number of hydrogen-bond donors (Lipinski definition) is 1. The van der Waals surface area contributed by atoms with Crippen molar-refractivity contribution < 1.29 is 110 Å². The van der Waals surface area contributed by atoms with Crippen molar-refractivity contribution in [2.24, 2.45) is 0 Å². The summed E-state index contributed by atoms with van der Waals surface area (Å²) < 4.78 is 343. The maximum Gasteiger partial charge on any atom is 0.416 e. The molecule has 1 nitrogen and oxygen atoms in total. The van der Waals surface area contributed by atoms with Crippen LogP contribution in [0, 0.1) is 0 Å². The summed E-state index contributed by atoms with van der Waals surface area (Å²) in [5.41, 5.74) is -29.0. The molecule has 0 aliphatic carbocycles. The van der Waals surface area contributed by atoms with E-state index in [4.69, 9.17) is 0 Å². The molecule has 0 N–H and O–H groups in total. The second-order valence-electron chi connectivity index (χ2n) is 15.4. The molecule has 0 atom stereocenters. The van der Waals surface area contributed by atoms with Gasteiger partial charge in [-0.25, -0.2) is 4.57 Å². The third-order valence-corrected chi connectivity index (χ3v) is 11.0. The third-order valence-electron chi connectivity index (χ3n) is 10.6. The number of rotatable bonds is 6. The van der Waals surface area contributed by atoms with Crippen molar-refractivity contribution >= 4 is 40.6 Å². The van der Waals surface area contributed by atoms with Crippen molar-refractivity contribution in [3.63, 3.8) is 0 Å². The quantitative estimate of drug-likeness (QED) is 0.0733. The number of halogens is 24. The van der Waals surface area contributed by atoms with Crippen LogP contribution in [-0.4, -0.2) is 6.15 Å². The highest BCUT2D eigenvalue weighted by Crippen LogP contribution is 2.41. The van der Waals surface area contributed by atoms with Gasteiger partial charge in [-0.3, -0.25) is 0 Å². The summed E-state index contributed by atoms with van der Waals surface area (Å²) in [5.74, 6) is 0. The lowest BCUT2D eigenvalue weighted by Crippen LogP contribution is -2.75. The maximum absolute atomic E-state index is 14.2. The number of pyridine rings is 1. The monoisotopic (exact) mass is 1070 g/mol. The molecule has 6 aromatic rings. The van der Waals surface area contributed by atoms with Crippen LogP contribution in [0.4, 0.5) is 105 Å². The lowest BCUT2D eigenvalue weighted by atomic mass is 9.12. The molecule has 0 amide bonds. The molecular weight excluding hydrogens is 1040 g/mol. The van der Waals surface area contributed by atoms with Gasteiger partial charge in [-0.05, 0) is 30.3 Å². The Kier molecular flexibility index (Phi) is 15.1. The van der Waals surface area contributed by atoms with Gasteiger partial charge in [-0.2, -0.15) is 127 Å². The Bertz CT molecular complexity index is 2410. The minimum Gasteiger partial charge on any atom is -0.201 e. The van der Waals surface area contributed by atoms with Gasteiger partial charge in [0, 0.05) is 22.6 Å². The normalized spacial score (nSPS) is 13.5. The van der Waals surface area contributed by atoms with Crippen LogP contribution in [0.3, 0.4) is 0 Å². The second kappa shape index (κ2) is 19.2. The predicted molar refractivity (Wildman–Crippen MR) is 210 cm³/mol. The lowest BCUT2D eigenvalue weighted by molar-refractivity contribution is -0.688. The maximum atomic E-state index is 14.2. The second-order valence-corrected chi connectivity index (χ2v) is 15.9. The Morgan fingerprint density at radius 1 is 0.310 bits per heavy atom. The molecule has 0 radical (unpaired) electrons. The van der Waals surface area contributed by atoms with E-state index in [1.165, 1.54) is 5.56 Å². The Morgan fingerprint density at radius 2 is 0.535 bits per heavy atom. The van der Waals surface area contributed by atoms with E-state index in [2.05, 4.69) is 35.7 Å². The van der Waals surface area contributed by atoms with E-state index in [0.29, 0.717) is 0 Å². The summed E-state index contributed by atoms with van der Waals surface area (Å²) in [6.45, 7) is 0.876. The van der Waals surface area contributed by atoms with Crippen molar-refractivity contribution in [2.75, 3.05) is 0 Å². The zero-order chi connectivity index (χ0) is 53.7. The average Bonchev–Trinajstić information content (AvgIpc) is 3.22. The molecule has 71 heavy (non-hydrogen) atoms. The average molecular weight is 1070 g/mol. The van der Waals surface area contributed by atoms with Crippen molar-refractivity contribution in [2.45, 2.75) is 60.9 Å². The molecule has 0 saturated carbocycles.